The first-order valence-electron chi connectivity index (χ1n) is 7.73. The molecular formula is C16H23ClFN3O2. The minimum absolute atomic E-state index is 0.0179. The highest BCUT2D eigenvalue weighted by Crippen LogP contribution is 2.39. The van der Waals surface area contributed by atoms with E-state index in [4.69, 9.17) is 27.8 Å². The van der Waals surface area contributed by atoms with E-state index in [0.717, 1.165) is 32.5 Å². The Morgan fingerprint density at radius 3 is 2.61 bits per heavy atom. The molecule has 1 saturated heterocycles. The Labute approximate surface area is 140 Å². The fourth-order valence-electron chi connectivity index (χ4n) is 3.25. The number of nitrogens with two attached hydrogens (primary N) is 2. The van der Waals surface area contributed by atoms with E-state index in [9.17, 15) is 9.18 Å². The lowest BCUT2D eigenvalue weighted by Crippen LogP contribution is -2.36. The minimum Gasteiger partial charge on any atom is -0.395 e. The van der Waals surface area contributed by atoms with E-state index in [-0.39, 0.29) is 27.8 Å². The molecule has 2 rings (SSSR count). The Kier molecular flexibility index (Phi) is 5.84. The molecule has 0 aromatic heterocycles. The summed E-state index contributed by atoms with van der Waals surface area (Å²) in [7, 11) is 1.51. The summed E-state index contributed by atoms with van der Waals surface area (Å²) in [5.41, 5.74) is 11.1. The lowest BCUT2D eigenvalue weighted by atomic mass is 9.84. The van der Waals surface area contributed by atoms with Gasteiger partial charge >= 0.3 is 0 Å². The van der Waals surface area contributed by atoms with E-state index >= 15 is 0 Å². The van der Waals surface area contributed by atoms with Crippen molar-refractivity contribution >= 4 is 23.2 Å². The Morgan fingerprint density at radius 1 is 1.52 bits per heavy atom. The van der Waals surface area contributed by atoms with Gasteiger partial charge in [-0.15, -0.1) is 0 Å². The molecule has 1 aliphatic rings. The normalized spacial score (nSPS) is 18.1. The van der Waals surface area contributed by atoms with Gasteiger partial charge in [0.1, 0.15) is 0 Å². The van der Waals surface area contributed by atoms with Crippen LogP contribution in [0.2, 0.25) is 5.02 Å². The SMILES string of the molecule is CCN1CCC(C(OC)c2c(C(N)=O)cc(Cl)c(N)c2F)CC1. The molecule has 128 valence electrons. The molecule has 0 radical (unpaired) electrons. The monoisotopic (exact) mass is 343 g/mol. The van der Waals surface area contributed by atoms with Crippen molar-refractivity contribution in [2.45, 2.75) is 25.9 Å². The zero-order chi connectivity index (χ0) is 17.1. The van der Waals surface area contributed by atoms with Gasteiger partial charge in [0, 0.05) is 18.2 Å². The summed E-state index contributed by atoms with van der Waals surface area (Å²) in [6, 6.07) is 1.32. The smallest absolute Gasteiger partial charge is 0.249 e. The highest BCUT2D eigenvalue weighted by Gasteiger charge is 2.33. The maximum atomic E-state index is 14.7. The number of halogens is 2. The largest absolute Gasteiger partial charge is 0.395 e. The second kappa shape index (κ2) is 7.47. The lowest BCUT2D eigenvalue weighted by Gasteiger charge is -2.35. The van der Waals surface area contributed by atoms with Crippen molar-refractivity contribution in [1.82, 2.24) is 4.90 Å². The number of benzene rings is 1. The van der Waals surface area contributed by atoms with Crippen molar-refractivity contribution in [3.63, 3.8) is 0 Å². The van der Waals surface area contributed by atoms with Gasteiger partial charge in [0.2, 0.25) is 5.91 Å². The molecule has 1 atom stereocenters. The summed E-state index contributed by atoms with van der Waals surface area (Å²) < 4.78 is 20.3. The Morgan fingerprint density at radius 2 is 2.13 bits per heavy atom. The molecule has 1 aliphatic heterocycles. The average molecular weight is 344 g/mol. The molecule has 7 heteroatoms. The number of nitrogen functional groups attached to an aromatic ring is 1. The van der Waals surface area contributed by atoms with Crippen LogP contribution in [0.1, 0.15) is 41.8 Å². The second-order valence-corrected chi connectivity index (χ2v) is 6.25. The third-order valence-electron chi connectivity index (χ3n) is 4.60. The number of nitrogens with zero attached hydrogens (tertiary/aromatic N) is 1. The maximum absolute atomic E-state index is 14.7. The third-order valence-corrected chi connectivity index (χ3v) is 4.92. The summed E-state index contributed by atoms with van der Waals surface area (Å²) in [4.78, 5) is 14.1. The number of rotatable bonds is 5. The van der Waals surface area contributed by atoms with Gasteiger partial charge in [-0.3, -0.25) is 4.79 Å². The Bertz CT molecular complexity index is 589. The number of ether oxygens (including phenoxy) is 1. The molecule has 1 heterocycles. The van der Waals surface area contributed by atoms with Gasteiger partial charge in [0.05, 0.1) is 16.8 Å². The van der Waals surface area contributed by atoms with Crippen molar-refractivity contribution in [3.8, 4) is 0 Å². The molecule has 0 bridgehead atoms. The van der Waals surface area contributed by atoms with Gasteiger partial charge in [0.15, 0.2) is 5.82 Å². The third kappa shape index (κ3) is 3.59. The Balaban J connectivity index is 2.41. The summed E-state index contributed by atoms with van der Waals surface area (Å²) in [6.45, 7) is 4.92. The van der Waals surface area contributed by atoms with Gasteiger partial charge in [-0.25, -0.2) is 4.39 Å². The summed E-state index contributed by atoms with van der Waals surface area (Å²) in [5, 5.41) is -0.0179. The molecule has 0 spiro atoms. The average Bonchev–Trinajstić information content (AvgIpc) is 2.55. The van der Waals surface area contributed by atoms with Crippen LogP contribution < -0.4 is 11.5 Å². The molecule has 5 nitrogen and oxygen atoms in total. The van der Waals surface area contributed by atoms with E-state index in [1.807, 2.05) is 0 Å². The van der Waals surface area contributed by atoms with Crippen molar-refractivity contribution in [2.24, 2.45) is 11.7 Å². The van der Waals surface area contributed by atoms with E-state index in [1.165, 1.54) is 13.2 Å². The van der Waals surface area contributed by atoms with Crippen LogP contribution >= 0.6 is 11.6 Å². The van der Waals surface area contributed by atoms with Crippen LogP contribution in [0.15, 0.2) is 6.07 Å². The zero-order valence-electron chi connectivity index (χ0n) is 13.4. The predicted molar refractivity (Wildman–Crippen MR) is 88.9 cm³/mol. The highest BCUT2D eigenvalue weighted by atomic mass is 35.5. The highest BCUT2D eigenvalue weighted by molar-refractivity contribution is 6.33. The quantitative estimate of drug-likeness (QED) is 0.805. The predicted octanol–water partition coefficient (Wildman–Crippen LogP) is 2.58. The van der Waals surface area contributed by atoms with E-state index in [2.05, 4.69) is 11.8 Å². The standard InChI is InChI=1S/C16H23ClFN3O2/c1-3-21-6-4-9(5-7-21)15(23-2)12-10(16(20)22)8-11(17)14(19)13(12)18/h8-9,15H,3-7,19H2,1-2H3,(H2,20,22). The molecule has 0 saturated carbocycles. The summed E-state index contributed by atoms with van der Waals surface area (Å²) in [5.74, 6) is -1.36. The van der Waals surface area contributed by atoms with Crippen molar-refractivity contribution in [2.75, 3.05) is 32.5 Å². The molecule has 1 aromatic rings. The van der Waals surface area contributed by atoms with Crippen molar-refractivity contribution < 1.29 is 13.9 Å². The number of likely N-dealkylation sites (tertiary alicyclic amines) is 1. The number of methoxy groups -OCH3 is 1. The maximum Gasteiger partial charge on any atom is 0.249 e. The van der Waals surface area contributed by atoms with Gasteiger partial charge in [0.25, 0.3) is 0 Å². The molecule has 0 aliphatic carbocycles. The topological polar surface area (TPSA) is 81.6 Å². The molecular weight excluding hydrogens is 321 g/mol. The first kappa shape index (κ1) is 18.0. The summed E-state index contributed by atoms with van der Waals surface area (Å²) >= 11 is 5.89. The second-order valence-electron chi connectivity index (χ2n) is 5.84. The van der Waals surface area contributed by atoms with Gasteiger partial charge in [-0.2, -0.15) is 0 Å². The number of amides is 1. The van der Waals surface area contributed by atoms with E-state index < -0.39 is 17.8 Å². The van der Waals surface area contributed by atoms with Crippen LogP contribution in [0.3, 0.4) is 0 Å². The fraction of sp³-hybridized carbons (Fsp3) is 0.562. The van der Waals surface area contributed by atoms with Crippen LogP contribution in [0, 0.1) is 11.7 Å². The van der Waals surface area contributed by atoms with Gasteiger partial charge in [-0.1, -0.05) is 18.5 Å². The van der Waals surface area contributed by atoms with Gasteiger partial charge < -0.3 is 21.1 Å². The molecule has 1 aromatic carbocycles. The van der Waals surface area contributed by atoms with Crippen LogP contribution in [-0.2, 0) is 4.74 Å². The van der Waals surface area contributed by atoms with Crippen LogP contribution in [0.25, 0.3) is 0 Å². The number of hydrogen-bond donors (Lipinski definition) is 2. The van der Waals surface area contributed by atoms with E-state index in [1.54, 1.807) is 0 Å². The summed E-state index contributed by atoms with van der Waals surface area (Å²) in [6.07, 6.45) is 1.13. The molecule has 1 unspecified atom stereocenters. The fourth-order valence-corrected chi connectivity index (χ4v) is 3.44. The van der Waals surface area contributed by atoms with Crippen molar-refractivity contribution in [1.29, 1.82) is 0 Å². The number of carbonyl (C=O) groups excluding carboxylic acids is 1. The minimum atomic E-state index is -0.742. The molecule has 1 fully saturated rings. The molecule has 1 amide bonds. The number of primary amides is 1. The lowest BCUT2D eigenvalue weighted by molar-refractivity contribution is 0.0184. The van der Waals surface area contributed by atoms with Crippen molar-refractivity contribution in [3.05, 3.63) is 28.0 Å². The first-order chi connectivity index (χ1) is 10.9. The number of piperidine rings is 1. The first-order valence-corrected chi connectivity index (χ1v) is 8.10. The zero-order valence-corrected chi connectivity index (χ0v) is 14.2. The van der Waals surface area contributed by atoms with Crippen LogP contribution in [0.4, 0.5) is 10.1 Å². The number of carbonyl (C=O) groups is 1. The van der Waals surface area contributed by atoms with E-state index in [0.29, 0.717) is 0 Å². The van der Waals surface area contributed by atoms with Crippen LogP contribution in [0.5, 0.6) is 0 Å². The molecule has 4 N–H and O–H groups in total. The van der Waals surface area contributed by atoms with Gasteiger partial charge in [-0.05, 0) is 44.5 Å². The Hall–Kier alpha value is -1.37. The molecule has 23 heavy (non-hydrogen) atoms. The van der Waals surface area contributed by atoms with Crippen LogP contribution in [-0.4, -0.2) is 37.6 Å². The number of anilines is 1. The number of hydrogen-bond acceptors (Lipinski definition) is 4.